The number of methoxy groups -OCH3 is 1. The molecule has 0 saturated carbocycles. The molecule has 0 aliphatic heterocycles. The van der Waals surface area contributed by atoms with Gasteiger partial charge in [-0.25, -0.2) is 0 Å². The van der Waals surface area contributed by atoms with Crippen molar-refractivity contribution >= 4 is 16.7 Å². The van der Waals surface area contributed by atoms with Crippen LogP contribution in [0, 0.1) is 0 Å². The number of hydrogen-bond donors (Lipinski definition) is 1. The van der Waals surface area contributed by atoms with Crippen molar-refractivity contribution in [3.8, 4) is 5.75 Å². The highest BCUT2D eigenvalue weighted by Crippen LogP contribution is 2.29. The molecule has 1 amide bonds. The predicted octanol–water partition coefficient (Wildman–Crippen LogP) is 3.17. The topological polar surface area (TPSA) is 51.2 Å². The minimum atomic E-state index is -0.161. The minimum absolute atomic E-state index is 0.161. The molecule has 0 aliphatic carbocycles. The first-order valence-electron chi connectivity index (χ1n) is 7.02. The number of carbonyl (C=O) groups excluding carboxylic acids is 1. The number of fused-ring (bicyclic) bond motifs is 1. The van der Waals surface area contributed by atoms with Gasteiger partial charge in [-0.2, -0.15) is 0 Å². The second-order valence-corrected chi connectivity index (χ2v) is 4.91. The summed E-state index contributed by atoms with van der Waals surface area (Å²) < 4.78 is 5.46. The number of rotatable bonds is 4. The van der Waals surface area contributed by atoms with Gasteiger partial charge in [0, 0.05) is 24.3 Å². The van der Waals surface area contributed by atoms with Crippen LogP contribution in [-0.4, -0.2) is 18.0 Å². The van der Waals surface area contributed by atoms with E-state index in [-0.39, 0.29) is 5.91 Å². The summed E-state index contributed by atoms with van der Waals surface area (Å²) in [6.45, 7) is 0.433. The molecular formula is C18H16N2O2. The van der Waals surface area contributed by atoms with Gasteiger partial charge in [-0.15, -0.1) is 0 Å². The third-order valence-electron chi connectivity index (χ3n) is 3.50. The van der Waals surface area contributed by atoms with E-state index in [2.05, 4.69) is 10.3 Å². The number of nitrogens with one attached hydrogen (secondary N) is 1. The van der Waals surface area contributed by atoms with E-state index in [1.54, 1.807) is 25.6 Å². The molecule has 1 heterocycles. The molecule has 110 valence electrons. The number of benzene rings is 2. The van der Waals surface area contributed by atoms with E-state index in [1.807, 2.05) is 42.5 Å². The van der Waals surface area contributed by atoms with E-state index in [1.165, 1.54) is 0 Å². The van der Waals surface area contributed by atoms with E-state index in [4.69, 9.17) is 4.74 Å². The van der Waals surface area contributed by atoms with E-state index >= 15 is 0 Å². The molecule has 1 aromatic heterocycles. The second kappa shape index (κ2) is 6.26. The Morgan fingerprint density at radius 3 is 2.77 bits per heavy atom. The van der Waals surface area contributed by atoms with Gasteiger partial charge in [0.15, 0.2) is 0 Å². The SMILES string of the molecule is COc1c(C(=O)NCc2cccnc2)ccc2ccccc12. The Morgan fingerprint density at radius 1 is 1.14 bits per heavy atom. The van der Waals surface area contributed by atoms with Gasteiger partial charge in [0.1, 0.15) is 5.75 Å². The summed E-state index contributed by atoms with van der Waals surface area (Å²) in [6, 6.07) is 15.3. The third-order valence-corrected chi connectivity index (χ3v) is 3.50. The Labute approximate surface area is 128 Å². The van der Waals surface area contributed by atoms with Crippen molar-refractivity contribution in [3.05, 3.63) is 72.1 Å². The summed E-state index contributed by atoms with van der Waals surface area (Å²) in [5.41, 5.74) is 1.49. The number of pyridine rings is 1. The zero-order chi connectivity index (χ0) is 15.4. The lowest BCUT2D eigenvalue weighted by molar-refractivity contribution is 0.0948. The Hall–Kier alpha value is -2.88. The first-order valence-corrected chi connectivity index (χ1v) is 7.02. The van der Waals surface area contributed by atoms with Crippen LogP contribution < -0.4 is 10.1 Å². The lowest BCUT2D eigenvalue weighted by Crippen LogP contribution is -2.23. The standard InChI is InChI=1S/C18H16N2O2/c1-22-17-15-7-3-2-6-14(15)8-9-16(17)18(21)20-12-13-5-4-10-19-11-13/h2-11H,12H2,1H3,(H,20,21). The summed E-state index contributed by atoms with van der Waals surface area (Å²) in [5.74, 6) is 0.438. The fraction of sp³-hybridized carbons (Fsp3) is 0.111. The van der Waals surface area contributed by atoms with Crippen LogP contribution in [0.1, 0.15) is 15.9 Å². The molecule has 0 saturated heterocycles. The lowest BCUT2D eigenvalue weighted by Gasteiger charge is -2.12. The average molecular weight is 292 g/mol. The third kappa shape index (κ3) is 2.76. The number of carbonyl (C=O) groups is 1. The molecule has 2 aromatic carbocycles. The molecule has 1 N–H and O–H groups in total. The molecule has 4 nitrogen and oxygen atoms in total. The molecule has 4 heteroatoms. The van der Waals surface area contributed by atoms with Crippen molar-refractivity contribution in [1.29, 1.82) is 0 Å². The number of amides is 1. The average Bonchev–Trinajstić information content (AvgIpc) is 2.59. The van der Waals surface area contributed by atoms with Gasteiger partial charge >= 0.3 is 0 Å². The van der Waals surface area contributed by atoms with E-state index in [9.17, 15) is 4.79 Å². The van der Waals surface area contributed by atoms with Gasteiger partial charge < -0.3 is 10.1 Å². The second-order valence-electron chi connectivity index (χ2n) is 4.91. The molecule has 3 aromatic rings. The van der Waals surface area contributed by atoms with E-state index < -0.39 is 0 Å². The number of nitrogens with zero attached hydrogens (tertiary/aromatic N) is 1. The van der Waals surface area contributed by atoms with Crippen LogP contribution in [-0.2, 0) is 6.54 Å². The first kappa shape index (κ1) is 14.1. The lowest BCUT2D eigenvalue weighted by atomic mass is 10.0. The summed E-state index contributed by atoms with van der Waals surface area (Å²) >= 11 is 0. The van der Waals surface area contributed by atoms with Gasteiger partial charge in [-0.3, -0.25) is 9.78 Å². The fourth-order valence-corrected chi connectivity index (χ4v) is 2.42. The van der Waals surface area contributed by atoms with Crippen LogP contribution in [0.15, 0.2) is 60.9 Å². The van der Waals surface area contributed by atoms with Crippen molar-refractivity contribution in [2.24, 2.45) is 0 Å². The smallest absolute Gasteiger partial charge is 0.255 e. The Kier molecular flexibility index (Phi) is 4.01. The largest absolute Gasteiger partial charge is 0.495 e. The summed E-state index contributed by atoms with van der Waals surface area (Å²) in [4.78, 5) is 16.5. The van der Waals surface area contributed by atoms with E-state index in [0.717, 1.165) is 16.3 Å². The fourth-order valence-electron chi connectivity index (χ4n) is 2.42. The molecular weight excluding hydrogens is 276 g/mol. The van der Waals surface area contributed by atoms with Gasteiger partial charge in [0.2, 0.25) is 0 Å². The van der Waals surface area contributed by atoms with E-state index in [0.29, 0.717) is 17.9 Å². The maximum absolute atomic E-state index is 12.4. The summed E-state index contributed by atoms with van der Waals surface area (Å²) in [5, 5.41) is 4.87. The molecule has 0 aliphatic rings. The van der Waals surface area contributed by atoms with Gasteiger partial charge in [0.25, 0.3) is 5.91 Å². The van der Waals surface area contributed by atoms with Crippen molar-refractivity contribution in [2.45, 2.75) is 6.54 Å². The van der Waals surface area contributed by atoms with Crippen LogP contribution in [0.2, 0.25) is 0 Å². The quantitative estimate of drug-likeness (QED) is 0.803. The Bertz CT molecular complexity index is 801. The monoisotopic (exact) mass is 292 g/mol. The molecule has 3 rings (SSSR count). The zero-order valence-electron chi connectivity index (χ0n) is 12.2. The van der Waals surface area contributed by atoms with Gasteiger partial charge in [-0.1, -0.05) is 36.4 Å². The highest BCUT2D eigenvalue weighted by Gasteiger charge is 2.14. The molecule has 0 fully saturated rings. The highest BCUT2D eigenvalue weighted by atomic mass is 16.5. The zero-order valence-corrected chi connectivity index (χ0v) is 12.2. The van der Waals surface area contributed by atoms with Crippen molar-refractivity contribution in [3.63, 3.8) is 0 Å². The predicted molar refractivity (Wildman–Crippen MR) is 85.9 cm³/mol. The van der Waals surface area contributed by atoms with Crippen LogP contribution in [0.3, 0.4) is 0 Å². The highest BCUT2D eigenvalue weighted by molar-refractivity contribution is 6.03. The number of aromatic nitrogens is 1. The number of hydrogen-bond acceptors (Lipinski definition) is 3. The van der Waals surface area contributed by atoms with Crippen LogP contribution >= 0.6 is 0 Å². The molecule has 0 radical (unpaired) electrons. The van der Waals surface area contributed by atoms with Gasteiger partial charge in [0.05, 0.1) is 12.7 Å². The summed E-state index contributed by atoms with van der Waals surface area (Å²) in [6.07, 6.45) is 3.44. The van der Waals surface area contributed by atoms with Gasteiger partial charge in [-0.05, 0) is 23.1 Å². The molecule has 0 atom stereocenters. The molecule has 0 bridgehead atoms. The van der Waals surface area contributed by atoms with Crippen LogP contribution in [0.5, 0.6) is 5.75 Å². The van der Waals surface area contributed by atoms with Crippen molar-refractivity contribution < 1.29 is 9.53 Å². The normalized spacial score (nSPS) is 10.4. The van der Waals surface area contributed by atoms with Crippen LogP contribution in [0.25, 0.3) is 10.8 Å². The van der Waals surface area contributed by atoms with Crippen LogP contribution in [0.4, 0.5) is 0 Å². The van der Waals surface area contributed by atoms with Crippen molar-refractivity contribution in [1.82, 2.24) is 10.3 Å². The Morgan fingerprint density at radius 2 is 2.00 bits per heavy atom. The maximum Gasteiger partial charge on any atom is 0.255 e. The maximum atomic E-state index is 12.4. The molecule has 22 heavy (non-hydrogen) atoms. The minimum Gasteiger partial charge on any atom is -0.495 e. The Balaban J connectivity index is 1.87. The molecule has 0 spiro atoms. The molecule has 0 unspecified atom stereocenters. The van der Waals surface area contributed by atoms with Crippen molar-refractivity contribution in [2.75, 3.05) is 7.11 Å². The first-order chi connectivity index (χ1) is 10.8. The number of ether oxygens (including phenoxy) is 1. The summed E-state index contributed by atoms with van der Waals surface area (Å²) in [7, 11) is 1.58.